The maximum Gasteiger partial charge on any atom is 0.248 e. The van der Waals surface area contributed by atoms with Gasteiger partial charge in [-0.25, -0.2) is 14.6 Å². The molecule has 3 aromatic carbocycles. The molecule has 0 saturated carbocycles. The van der Waals surface area contributed by atoms with Crippen molar-refractivity contribution in [2.24, 2.45) is 0 Å². The minimum absolute atomic E-state index is 0.308. The fraction of sp³-hybridized carbons (Fsp3) is 0.250. The molecular formula is C32H33N9O3. The second kappa shape index (κ2) is 13.8. The number of aromatic nitrogens is 5. The van der Waals surface area contributed by atoms with E-state index in [1.54, 1.807) is 18.2 Å². The number of benzene rings is 3. The quantitative estimate of drug-likeness (QED) is 0.156. The monoisotopic (exact) mass is 591 g/mol. The second-order valence-electron chi connectivity index (χ2n) is 10.4. The van der Waals surface area contributed by atoms with Gasteiger partial charge in [0.15, 0.2) is 0 Å². The van der Waals surface area contributed by atoms with Crippen molar-refractivity contribution in [3.8, 4) is 0 Å². The van der Waals surface area contributed by atoms with Gasteiger partial charge in [-0.05, 0) is 54.9 Å². The molecule has 1 saturated heterocycles. The van der Waals surface area contributed by atoms with Gasteiger partial charge in [-0.15, -0.1) is 5.10 Å². The first-order valence-corrected chi connectivity index (χ1v) is 14.6. The summed E-state index contributed by atoms with van der Waals surface area (Å²) in [7, 11) is 0. The van der Waals surface area contributed by atoms with E-state index in [1.807, 2.05) is 41.1 Å². The minimum atomic E-state index is -0.414. The summed E-state index contributed by atoms with van der Waals surface area (Å²) < 4.78 is 7.22. The topological polar surface area (TPSA) is 139 Å². The van der Waals surface area contributed by atoms with Crippen LogP contribution >= 0.6 is 0 Å². The zero-order valence-corrected chi connectivity index (χ0v) is 24.1. The molecule has 2 amide bonds. The smallest absolute Gasteiger partial charge is 0.248 e. The summed E-state index contributed by atoms with van der Waals surface area (Å²) in [6.45, 7) is 5.42. The standard InChI is InChI=1S/C32H33N9O3/c42-30(33-13-4-14-40-15-17-44-18-16-40)11-12-31(43)36-24-7-9-27-26(19-24)32(35-22-34-27)37-25-8-10-29-28(20-25)38-39-41(29)21-23-5-2-1-3-6-23/h1-3,5-12,19-20,22H,4,13-18,21H2,(H,33,42)(H,36,43)(H,34,35,37)/b12-11+. The van der Waals surface area contributed by atoms with Crippen LogP contribution in [0.4, 0.5) is 17.2 Å². The van der Waals surface area contributed by atoms with Gasteiger partial charge in [0.1, 0.15) is 17.7 Å². The molecule has 1 aliphatic rings. The molecule has 5 aromatic rings. The van der Waals surface area contributed by atoms with Crippen molar-refractivity contribution in [1.29, 1.82) is 0 Å². The second-order valence-corrected chi connectivity index (χ2v) is 10.4. The van der Waals surface area contributed by atoms with Crippen LogP contribution in [-0.2, 0) is 20.9 Å². The summed E-state index contributed by atoms with van der Waals surface area (Å²) in [6, 6.07) is 21.3. The Morgan fingerprint density at radius 1 is 0.886 bits per heavy atom. The van der Waals surface area contributed by atoms with Crippen LogP contribution in [0.5, 0.6) is 0 Å². The molecule has 12 heteroatoms. The van der Waals surface area contributed by atoms with Crippen LogP contribution in [-0.4, -0.2) is 81.1 Å². The average Bonchev–Trinajstić information content (AvgIpc) is 3.45. The van der Waals surface area contributed by atoms with E-state index in [0.717, 1.165) is 66.9 Å². The molecule has 0 radical (unpaired) electrons. The van der Waals surface area contributed by atoms with Gasteiger partial charge in [0, 0.05) is 48.5 Å². The number of amides is 2. The third kappa shape index (κ3) is 7.41. The molecular weight excluding hydrogens is 558 g/mol. The Labute approximate surface area is 254 Å². The molecule has 3 N–H and O–H groups in total. The number of fused-ring (bicyclic) bond motifs is 2. The zero-order valence-electron chi connectivity index (χ0n) is 24.1. The van der Waals surface area contributed by atoms with Crippen LogP contribution < -0.4 is 16.0 Å². The number of morpholine rings is 1. The highest BCUT2D eigenvalue weighted by atomic mass is 16.5. The molecule has 0 unspecified atom stereocenters. The van der Waals surface area contributed by atoms with Crippen LogP contribution in [0.2, 0.25) is 0 Å². The first-order valence-electron chi connectivity index (χ1n) is 14.6. The van der Waals surface area contributed by atoms with Crippen LogP contribution in [0.25, 0.3) is 21.9 Å². The van der Waals surface area contributed by atoms with Crippen molar-refractivity contribution in [1.82, 2.24) is 35.2 Å². The third-order valence-corrected chi connectivity index (χ3v) is 7.29. The number of carbonyl (C=O) groups excluding carboxylic acids is 2. The largest absolute Gasteiger partial charge is 0.379 e. The van der Waals surface area contributed by atoms with E-state index < -0.39 is 5.91 Å². The highest BCUT2D eigenvalue weighted by Crippen LogP contribution is 2.27. The maximum atomic E-state index is 12.5. The molecule has 224 valence electrons. The Morgan fingerprint density at radius 3 is 2.57 bits per heavy atom. The van der Waals surface area contributed by atoms with Crippen molar-refractivity contribution < 1.29 is 14.3 Å². The van der Waals surface area contributed by atoms with Gasteiger partial charge in [0.2, 0.25) is 11.8 Å². The van der Waals surface area contributed by atoms with Crippen LogP contribution in [0.1, 0.15) is 12.0 Å². The van der Waals surface area contributed by atoms with E-state index in [2.05, 4.69) is 53.3 Å². The van der Waals surface area contributed by atoms with E-state index in [0.29, 0.717) is 30.1 Å². The van der Waals surface area contributed by atoms with Crippen molar-refractivity contribution in [2.45, 2.75) is 13.0 Å². The predicted octanol–water partition coefficient (Wildman–Crippen LogP) is 3.50. The van der Waals surface area contributed by atoms with Crippen LogP contribution in [0, 0.1) is 0 Å². The number of hydrogen-bond donors (Lipinski definition) is 3. The van der Waals surface area contributed by atoms with Gasteiger partial charge in [-0.1, -0.05) is 35.5 Å². The summed E-state index contributed by atoms with van der Waals surface area (Å²) in [5.74, 6) is -0.144. The van der Waals surface area contributed by atoms with Gasteiger partial charge in [0.05, 0.1) is 30.8 Å². The van der Waals surface area contributed by atoms with E-state index in [4.69, 9.17) is 4.74 Å². The first kappa shape index (κ1) is 28.9. The van der Waals surface area contributed by atoms with Gasteiger partial charge >= 0.3 is 0 Å². The van der Waals surface area contributed by atoms with Gasteiger partial charge in [0.25, 0.3) is 0 Å². The maximum absolute atomic E-state index is 12.5. The lowest BCUT2D eigenvalue weighted by Crippen LogP contribution is -2.38. The van der Waals surface area contributed by atoms with Crippen LogP contribution in [0.3, 0.4) is 0 Å². The molecule has 1 fully saturated rings. The average molecular weight is 592 g/mol. The normalized spacial score (nSPS) is 13.8. The Balaban J connectivity index is 1.06. The van der Waals surface area contributed by atoms with Crippen molar-refractivity contribution in [2.75, 3.05) is 50.0 Å². The summed E-state index contributed by atoms with van der Waals surface area (Å²) in [5, 5.41) is 18.4. The number of carbonyl (C=O) groups is 2. The molecule has 44 heavy (non-hydrogen) atoms. The van der Waals surface area contributed by atoms with E-state index in [-0.39, 0.29) is 5.91 Å². The van der Waals surface area contributed by atoms with Gasteiger partial charge in [-0.3, -0.25) is 14.5 Å². The summed E-state index contributed by atoms with van der Waals surface area (Å²) >= 11 is 0. The highest BCUT2D eigenvalue weighted by Gasteiger charge is 2.11. The molecule has 6 rings (SSSR count). The molecule has 0 spiro atoms. The fourth-order valence-corrected chi connectivity index (χ4v) is 5.03. The molecule has 2 aromatic heterocycles. The van der Waals surface area contributed by atoms with Crippen molar-refractivity contribution >= 4 is 50.9 Å². The highest BCUT2D eigenvalue weighted by molar-refractivity contribution is 6.05. The molecule has 0 atom stereocenters. The number of anilines is 3. The Bertz CT molecular complexity index is 1780. The molecule has 1 aliphatic heterocycles. The Kier molecular flexibility index (Phi) is 9.09. The van der Waals surface area contributed by atoms with Gasteiger partial charge in [-0.2, -0.15) is 0 Å². The number of nitrogens with one attached hydrogen (secondary N) is 3. The number of hydrogen-bond acceptors (Lipinski definition) is 9. The lowest BCUT2D eigenvalue weighted by molar-refractivity contribution is -0.117. The van der Waals surface area contributed by atoms with Crippen LogP contribution in [0.15, 0.2) is 85.2 Å². The molecule has 3 heterocycles. The fourth-order valence-electron chi connectivity index (χ4n) is 5.03. The lowest BCUT2D eigenvalue weighted by atomic mass is 10.2. The minimum Gasteiger partial charge on any atom is -0.379 e. The third-order valence-electron chi connectivity index (χ3n) is 7.29. The van der Waals surface area contributed by atoms with E-state index >= 15 is 0 Å². The summed E-state index contributed by atoms with van der Waals surface area (Å²) in [4.78, 5) is 35.8. The molecule has 0 aliphatic carbocycles. The van der Waals surface area contributed by atoms with E-state index in [9.17, 15) is 9.59 Å². The van der Waals surface area contributed by atoms with E-state index in [1.165, 1.54) is 18.5 Å². The number of rotatable bonds is 11. The lowest BCUT2D eigenvalue weighted by Gasteiger charge is -2.26. The predicted molar refractivity (Wildman–Crippen MR) is 169 cm³/mol. The summed E-state index contributed by atoms with van der Waals surface area (Å²) in [6.07, 6.45) is 4.79. The SMILES string of the molecule is O=C(/C=C/C(=O)Nc1ccc2ncnc(Nc3ccc4c(c3)nnn4Cc3ccccc3)c2c1)NCCCN1CCOCC1. The Hall–Kier alpha value is -5.20. The Morgan fingerprint density at radius 2 is 1.70 bits per heavy atom. The number of nitrogens with zero attached hydrogens (tertiary/aromatic N) is 6. The van der Waals surface area contributed by atoms with Crippen molar-refractivity contribution in [3.05, 3.63) is 90.8 Å². The first-order chi connectivity index (χ1) is 21.6. The van der Waals surface area contributed by atoms with Crippen molar-refractivity contribution in [3.63, 3.8) is 0 Å². The number of ether oxygens (including phenoxy) is 1. The zero-order chi connectivity index (χ0) is 30.1. The molecule has 0 bridgehead atoms. The molecule has 12 nitrogen and oxygen atoms in total. The van der Waals surface area contributed by atoms with Gasteiger partial charge < -0.3 is 20.7 Å². The summed E-state index contributed by atoms with van der Waals surface area (Å²) in [5.41, 5.74) is 4.87.